The first kappa shape index (κ1) is 24.4. The van der Waals surface area contributed by atoms with Crippen LogP contribution < -0.4 is 16.0 Å². The molecule has 0 bridgehead atoms. The Balaban J connectivity index is 0.00000392. The maximum absolute atomic E-state index is 12.3. The molecule has 1 heterocycles. The van der Waals surface area contributed by atoms with Crippen LogP contribution in [0, 0.1) is 13.8 Å². The Kier molecular flexibility index (Phi) is 10.4. The summed E-state index contributed by atoms with van der Waals surface area (Å²) in [7, 11) is 1.75. The number of hydrogen-bond donors (Lipinski definition) is 3. The van der Waals surface area contributed by atoms with E-state index in [1.165, 1.54) is 4.88 Å². The second-order valence-corrected chi connectivity index (χ2v) is 7.79. The first-order valence-corrected chi connectivity index (χ1v) is 10.0. The molecule has 0 radical (unpaired) electrons. The number of guanidine groups is 1. The maximum Gasteiger partial charge on any atom is 0.251 e. The quantitative estimate of drug-likeness (QED) is 0.298. The van der Waals surface area contributed by atoms with Crippen molar-refractivity contribution >= 4 is 47.2 Å². The minimum Gasteiger partial charge on any atom is -0.352 e. The summed E-state index contributed by atoms with van der Waals surface area (Å²) in [6, 6.07) is 7.82. The Morgan fingerprint density at radius 1 is 1.25 bits per heavy atom. The maximum atomic E-state index is 12.3. The number of benzene rings is 1. The molecule has 154 valence electrons. The Morgan fingerprint density at radius 2 is 1.96 bits per heavy atom. The lowest BCUT2D eigenvalue weighted by molar-refractivity contribution is 0.0939. The number of carbonyl (C=O) groups excluding carboxylic acids is 1. The number of aliphatic imine (C=N–C) groups is 1. The molecule has 0 fully saturated rings. The number of carbonyl (C=O) groups is 1. The van der Waals surface area contributed by atoms with Crippen molar-refractivity contribution in [2.75, 3.05) is 7.05 Å². The average molecular weight is 515 g/mol. The van der Waals surface area contributed by atoms with Gasteiger partial charge in [0.2, 0.25) is 0 Å². The van der Waals surface area contributed by atoms with Gasteiger partial charge in [-0.2, -0.15) is 0 Å². The third-order valence-electron chi connectivity index (χ3n) is 4.28. The van der Waals surface area contributed by atoms with Crippen LogP contribution in [0.4, 0.5) is 0 Å². The summed E-state index contributed by atoms with van der Waals surface area (Å²) < 4.78 is 0. The van der Waals surface area contributed by atoms with Crippen molar-refractivity contribution in [3.8, 4) is 0 Å². The van der Waals surface area contributed by atoms with E-state index < -0.39 is 0 Å². The first-order valence-electron chi connectivity index (χ1n) is 9.20. The zero-order valence-corrected chi connectivity index (χ0v) is 20.3. The number of aromatic nitrogens is 1. The zero-order chi connectivity index (χ0) is 19.8. The Labute approximate surface area is 188 Å². The molecule has 1 aromatic carbocycles. The van der Waals surface area contributed by atoms with E-state index in [0.717, 1.165) is 28.6 Å². The highest BCUT2D eigenvalue weighted by molar-refractivity contribution is 14.0. The molecule has 3 N–H and O–H groups in total. The molecule has 1 unspecified atom stereocenters. The second kappa shape index (κ2) is 12.0. The molecule has 1 atom stereocenters. The van der Waals surface area contributed by atoms with Crippen molar-refractivity contribution in [1.82, 2.24) is 20.9 Å². The van der Waals surface area contributed by atoms with E-state index in [-0.39, 0.29) is 35.9 Å². The van der Waals surface area contributed by atoms with Crippen molar-refractivity contribution in [3.05, 3.63) is 51.0 Å². The lowest BCUT2D eigenvalue weighted by Crippen LogP contribution is -2.36. The molecule has 1 aromatic heterocycles. The third kappa shape index (κ3) is 7.38. The van der Waals surface area contributed by atoms with Crippen molar-refractivity contribution < 1.29 is 4.79 Å². The highest BCUT2D eigenvalue weighted by Crippen LogP contribution is 2.16. The molecule has 0 saturated heterocycles. The lowest BCUT2D eigenvalue weighted by Gasteiger charge is -2.13. The molecule has 0 aliphatic rings. The molecular formula is C20H30IN5OS. The molecule has 2 aromatic rings. The summed E-state index contributed by atoms with van der Waals surface area (Å²) in [6.07, 6.45) is 0.910. The number of nitrogens with zero attached hydrogens (tertiary/aromatic N) is 2. The molecule has 28 heavy (non-hydrogen) atoms. The summed E-state index contributed by atoms with van der Waals surface area (Å²) in [6.45, 7) is 9.37. The lowest BCUT2D eigenvalue weighted by atomic mass is 10.1. The van der Waals surface area contributed by atoms with Gasteiger partial charge in [0.1, 0.15) is 0 Å². The molecule has 8 heteroatoms. The number of aryl methyl sites for hydroxylation is 2. The highest BCUT2D eigenvalue weighted by atomic mass is 127. The van der Waals surface area contributed by atoms with Gasteiger partial charge in [-0.15, -0.1) is 35.3 Å². The van der Waals surface area contributed by atoms with Gasteiger partial charge in [0.15, 0.2) is 5.96 Å². The van der Waals surface area contributed by atoms with Gasteiger partial charge in [-0.05, 0) is 44.9 Å². The van der Waals surface area contributed by atoms with Gasteiger partial charge in [-0.3, -0.25) is 9.79 Å². The van der Waals surface area contributed by atoms with Crippen molar-refractivity contribution in [2.24, 2.45) is 4.99 Å². The van der Waals surface area contributed by atoms with E-state index in [4.69, 9.17) is 0 Å². The molecule has 1 amide bonds. The fourth-order valence-electron chi connectivity index (χ4n) is 2.54. The van der Waals surface area contributed by atoms with Crippen molar-refractivity contribution in [3.63, 3.8) is 0 Å². The number of rotatable bonds is 7. The molecule has 2 rings (SSSR count). The number of halogens is 1. The van der Waals surface area contributed by atoms with Gasteiger partial charge in [-0.1, -0.05) is 19.1 Å². The van der Waals surface area contributed by atoms with Crippen LogP contribution in [0.25, 0.3) is 0 Å². The summed E-state index contributed by atoms with van der Waals surface area (Å²) in [5.41, 5.74) is 2.76. The van der Waals surface area contributed by atoms with Gasteiger partial charge in [-0.25, -0.2) is 4.98 Å². The monoisotopic (exact) mass is 515 g/mol. The van der Waals surface area contributed by atoms with Gasteiger partial charge < -0.3 is 16.0 Å². The van der Waals surface area contributed by atoms with E-state index in [0.29, 0.717) is 18.7 Å². The summed E-state index contributed by atoms with van der Waals surface area (Å²) in [4.78, 5) is 22.2. The van der Waals surface area contributed by atoms with Crippen LogP contribution in [0.1, 0.15) is 51.8 Å². The van der Waals surface area contributed by atoms with Gasteiger partial charge in [0, 0.05) is 30.1 Å². The van der Waals surface area contributed by atoms with E-state index in [9.17, 15) is 4.79 Å². The van der Waals surface area contributed by atoms with E-state index in [2.05, 4.69) is 32.9 Å². The SMILES string of the molecule is CCC(C)NC(=O)c1cccc(CNC(=NC)NCc2sc(C)nc2C)c1.I. The summed E-state index contributed by atoms with van der Waals surface area (Å²) in [5, 5.41) is 10.7. The van der Waals surface area contributed by atoms with Crippen molar-refractivity contribution in [1.29, 1.82) is 0 Å². The second-order valence-electron chi connectivity index (χ2n) is 6.50. The van der Waals surface area contributed by atoms with E-state index >= 15 is 0 Å². The van der Waals surface area contributed by atoms with E-state index in [1.54, 1.807) is 18.4 Å². The predicted molar refractivity (Wildman–Crippen MR) is 128 cm³/mol. The molecule has 6 nitrogen and oxygen atoms in total. The topological polar surface area (TPSA) is 78.4 Å². The highest BCUT2D eigenvalue weighted by Gasteiger charge is 2.09. The third-order valence-corrected chi connectivity index (χ3v) is 5.35. The average Bonchev–Trinajstić information content (AvgIpc) is 2.99. The summed E-state index contributed by atoms with van der Waals surface area (Å²) >= 11 is 1.69. The first-order chi connectivity index (χ1) is 12.9. The predicted octanol–water partition coefficient (Wildman–Crippen LogP) is 3.77. The van der Waals surface area contributed by atoms with Crippen LogP contribution in [0.5, 0.6) is 0 Å². The van der Waals surface area contributed by atoms with Crippen LogP contribution in [0.2, 0.25) is 0 Å². The Morgan fingerprint density at radius 3 is 2.57 bits per heavy atom. The van der Waals surface area contributed by atoms with Gasteiger partial charge in [0.25, 0.3) is 5.91 Å². The smallest absolute Gasteiger partial charge is 0.251 e. The van der Waals surface area contributed by atoms with Crippen molar-refractivity contribution in [2.45, 2.75) is 53.2 Å². The molecule has 0 spiro atoms. The van der Waals surface area contributed by atoms with Crippen LogP contribution in [0.3, 0.4) is 0 Å². The minimum absolute atomic E-state index is 0. The standard InChI is InChI=1S/C20H29N5OS.HI/c1-6-13(2)24-19(26)17-9-7-8-16(10-17)11-22-20(21-5)23-12-18-14(3)25-15(4)27-18;/h7-10,13H,6,11-12H2,1-5H3,(H,24,26)(H2,21,22,23);1H. The number of thiazole rings is 1. The van der Waals surface area contributed by atoms with Crippen LogP contribution in [0.15, 0.2) is 29.3 Å². The van der Waals surface area contributed by atoms with Crippen LogP contribution >= 0.6 is 35.3 Å². The number of amides is 1. The minimum atomic E-state index is -0.0373. The Bertz CT molecular complexity index is 806. The molecule has 0 aliphatic carbocycles. The number of hydrogen-bond acceptors (Lipinski definition) is 4. The fraction of sp³-hybridized carbons (Fsp3) is 0.450. The van der Waals surface area contributed by atoms with Crippen LogP contribution in [-0.4, -0.2) is 29.9 Å². The molecular weight excluding hydrogens is 485 g/mol. The largest absolute Gasteiger partial charge is 0.352 e. The molecule has 0 saturated carbocycles. The Hall–Kier alpha value is -1.68. The summed E-state index contributed by atoms with van der Waals surface area (Å²) in [5.74, 6) is 0.680. The fourth-order valence-corrected chi connectivity index (χ4v) is 3.42. The number of nitrogens with one attached hydrogen (secondary N) is 3. The normalized spacial score (nSPS) is 12.1. The zero-order valence-electron chi connectivity index (χ0n) is 17.1. The van der Waals surface area contributed by atoms with Crippen LogP contribution in [-0.2, 0) is 13.1 Å². The molecule has 0 aliphatic heterocycles. The van der Waals surface area contributed by atoms with Gasteiger partial charge in [0.05, 0.1) is 17.2 Å². The van der Waals surface area contributed by atoms with Gasteiger partial charge >= 0.3 is 0 Å². The van der Waals surface area contributed by atoms with E-state index in [1.807, 2.05) is 45.0 Å².